The molecule has 94 valence electrons. The SMILES string of the molecule is CSCCNCCc1ccc2c(c1)OCCO2. The van der Waals surface area contributed by atoms with E-state index in [1.807, 2.05) is 17.8 Å². The highest BCUT2D eigenvalue weighted by Gasteiger charge is 2.11. The Morgan fingerprint density at radius 3 is 2.82 bits per heavy atom. The minimum atomic E-state index is 0.655. The Balaban J connectivity index is 1.81. The fourth-order valence-electron chi connectivity index (χ4n) is 1.78. The summed E-state index contributed by atoms with van der Waals surface area (Å²) in [6, 6.07) is 6.21. The van der Waals surface area contributed by atoms with Gasteiger partial charge in [-0.1, -0.05) is 6.07 Å². The average Bonchev–Trinajstić information content (AvgIpc) is 2.38. The Morgan fingerprint density at radius 1 is 1.18 bits per heavy atom. The molecule has 0 radical (unpaired) electrons. The number of hydrogen-bond donors (Lipinski definition) is 1. The summed E-state index contributed by atoms with van der Waals surface area (Å²) in [6.07, 6.45) is 3.16. The first-order valence-electron chi connectivity index (χ1n) is 5.98. The molecule has 1 aromatic rings. The molecule has 0 bridgehead atoms. The molecule has 0 atom stereocenters. The van der Waals surface area contributed by atoms with Gasteiger partial charge < -0.3 is 14.8 Å². The zero-order chi connectivity index (χ0) is 11.9. The molecule has 1 aliphatic rings. The number of benzene rings is 1. The van der Waals surface area contributed by atoms with Crippen LogP contribution in [0.5, 0.6) is 11.5 Å². The molecular weight excluding hydrogens is 234 g/mol. The van der Waals surface area contributed by atoms with Crippen molar-refractivity contribution in [2.75, 3.05) is 38.3 Å². The van der Waals surface area contributed by atoms with E-state index in [0.29, 0.717) is 13.2 Å². The summed E-state index contributed by atoms with van der Waals surface area (Å²) in [5, 5.41) is 3.42. The Morgan fingerprint density at radius 2 is 2.00 bits per heavy atom. The molecule has 0 aliphatic carbocycles. The first-order chi connectivity index (χ1) is 8.40. The van der Waals surface area contributed by atoms with Crippen LogP contribution >= 0.6 is 11.8 Å². The molecule has 2 rings (SSSR count). The summed E-state index contributed by atoms with van der Waals surface area (Å²) in [4.78, 5) is 0. The topological polar surface area (TPSA) is 30.5 Å². The summed E-state index contributed by atoms with van der Waals surface area (Å²) >= 11 is 1.87. The van der Waals surface area contributed by atoms with Gasteiger partial charge in [0.25, 0.3) is 0 Å². The Bertz CT molecular complexity index is 357. The molecule has 4 heteroatoms. The lowest BCUT2D eigenvalue weighted by Crippen LogP contribution is -2.20. The van der Waals surface area contributed by atoms with Crippen molar-refractivity contribution in [3.05, 3.63) is 23.8 Å². The molecule has 1 N–H and O–H groups in total. The Hall–Kier alpha value is -0.870. The van der Waals surface area contributed by atoms with Crippen molar-refractivity contribution < 1.29 is 9.47 Å². The Labute approximate surface area is 107 Å². The van der Waals surface area contributed by atoms with Gasteiger partial charge in [0.1, 0.15) is 13.2 Å². The largest absolute Gasteiger partial charge is 0.486 e. The highest BCUT2D eigenvalue weighted by atomic mass is 32.2. The molecule has 0 unspecified atom stereocenters. The fourth-order valence-corrected chi connectivity index (χ4v) is 2.12. The molecule has 0 saturated carbocycles. The molecule has 1 aromatic carbocycles. The number of hydrogen-bond acceptors (Lipinski definition) is 4. The molecule has 0 fully saturated rings. The maximum atomic E-state index is 5.56. The summed E-state index contributed by atoms with van der Waals surface area (Å²) in [7, 11) is 0. The maximum absolute atomic E-state index is 5.56. The molecule has 0 aromatic heterocycles. The van der Waals surface area contributed by atoms with Crippen molar-refractivity contribution in [1.82, 2.24) is 5.32 Å². The first kappa shape index (κ1) is 12.6. The Kier molecular flexibility index (Phi) is 5.01. The van der Waals surface area contributed by atoms with Crippen molar-refractivity contribution in [3.63, 3.8) is 0 Å². The van der Waals surface area contributed by atoms with Crippen LogP contribution in [0.3, 0.4) is 0 Å². The number of ether oxygens (including phenoxy) is 2. The van der Waals surface area contributed by atoms with Gasteiger partial charge in [-0.2, -0.15) is 11.8 Å². The molecule has 0 amide bonds. The van der Waals surface area contributed by atoms with Crippen LogP contribution in [-0.4, -0.2) is 38.3 Å². The number of thioether (sulfide) groups is 1. The zero-order valence-corrected chi connectivity index (χ0v) is 11.0. The van der Waals surface area contributed by atoms with Gasteiger partial charge >= 0.3 is 0 Å². The van der Waals surface area contributed by atoms with E-state index in [2.05, 4.69) is 23.7 Å². The lowest BCUT2D eigenvalue weighted by Gasteiger charge is -2.18. The quantitative estimate of drug-likeness (QED) is 0.785. The van der Waals surface area contributed by atoms with Crippen LogP contribution in [-0.2, 0) is 6.42 Å². The molecule has 1 heterocycles. The molecule has 3 nitrogen and oxygen atoms in total. The zero-order valence-electron chi connectivity index (χ0n) is 10.2. The highest BCUT2D eigenvalue weighted by molar-refractivity contribution is 7.98. The van der Waals surface area contributed by atoms with Crippen molar-refractivity contribution in [2.24, 2.45) is 0 Å². The van der Waals surface area contributed by atoms with Crippen LogP contribution in [0.1, 0.15) is 5.56 Å². The second-order valence-electron chi connectivity index (χ2n) is 3.97. The predicted molar refractivity (Wildman–Crippen MR) is 72.4 cm³/mol. The van der Waals surface area contributed by atoms with Crippen LogP contribution in [0.15, 0.2) is 18.2 Å². The second-order valence-corrected chi connectivity index (χ2v) is 4.96. The second kappa shape index (κ2) is 6.77. The van der Waals surface area contributed by atoms with E-state index in [-0.39, 0.29) is 0 Å². The summed E-state index contributed by atoms with van der Waals surface area (Å²) in [6.45, 7) is 3.40. The van der Waals surface area contributed by atoms with E-state index in [4.69, 9.17) is 9.47 Å². The van der Waals surface area contributed by atoms with Gasteiger partial charge in [-0.3, -0.25) is 0 Å². The normalized spacial score (nSPS) is 13.7. The van der Waals surface area contributed by atoms with Gasteiger partial charge in [0.05, 0.1) is 0 Å². The summed E-state index contributed by atoms with van der Waals surface area (Å²) < 4.78 is 11.1. The summed E-state index contributed by atoms with van der Waals surface area (Å²) in [5.41, 5.74) is 1.30. The van der Waals surface area contributed by atoms with Gasteiger partial charge in [-0.15, -0.1) is 0 Å². The van der Waals surface area contributed by atoms with Crippen LogP contribution in [0.2, 0.25) is 0 Å². The van der Waals surface area contributed by atoms with E-state index in [1.54, 1.807) is 0 Å². The van der Waals surface area contributed by atoms with Crippen molar-refractivity contribution in [1.29, 1.82) is 0 Å². The molecule has 0 saturated heterocycles. The van der Waals surface area contributed by atoms with Gasteiger partial charge in [0.15, 0.2) is 11.5 Å². The van der Waals surface area contributed by atoms with E-state index in [1.165, 1.54) is 11.3 Å². The third-order valence-corrected chi connectivity index (χ3v) is 3.29. The van der Waals surface area contributed by atoms with Crippen LogP contribution < -0.4 is 14.8 Å². The predicted octanol–water partition coefficient (Wildman–Crippen LogP) is 1.95. The van der Waals surface area contributed by atoms with Gasteiger partial charge in [-0.05, 0) is 36.9 Å². The van der Waals surface area contributed by atoms with Crippen LogP contribution in [0.25, 0.3) is 0 Å². The lowest BCUT2D eigenvalue weighted by molar-refractivity contribution is 0.171. The van der Waals surface area contributed by atoms with E-state index in [0.717, 1.165) is 31.0 Å². The van der Waals surface area contributed by atoms with Crippen LogP contribution in [0.4, 0.5) is 0 Å². The maximum Gasteiger partial charge on any atom is 0.161 e. The summed E-state index contributed by atoms with van der Waals surface area (Å²) in [5.74, 6) is 2.93. The molecule has 0 spiro atoms. The van der Waals surface area contributed by atoms with Gasteiger partial charge in [0.2, 0.25) is 0 Å². The fraction of sp³-hybridized carbons (Fsp3) is 0.538. The van der Waals surface area contributed by atoms with E-state index in [9.17, 15) is 0 Å². The lowest BCUT2D eigenvalue weighted by atomic mass is 10.1. The highest BCUT2D eigenvalue weighted by Crippen LogP contribution is 2.30. The number of rotatable bonds is 6. The standard InChI is InChI=1S/C13H19NO2S/c1-17-9-6-14-5-4-11-2-3-12-13(10-11)16-8-7-15-12/h2-3,10,14H,4-9H2,1H3. The van der Waals surface area contributed by atoms with Gasteiger partial charge in [0, 0.05) is 12.3 Å². The molecule has 17 heavy (non-hydrogen) atoms. The average molecular weight is 253 g/mol. The number of fused-ring (bicyclic) bond motifs is 1. The van der Waals surface area contributed by atoms with Crippen molar-refractivity contribution in [2.45, 2.75) is 6.42 Å². The van der Waals surface area contributed by atoms with Gasteiger partial charge in [-0.25, -0.2) is 0 Å². The molecular formula is C13H19NO2S. The van der Waals surface area contributed by atoms with E-state index >= 15 is 0 Å². The smallest absolute Gasteiger partial charge is 0.161 e. The minimum Gasteiger partial charge on any atom is -0.486 e. The van der Waals surface area contributed by atoms with Crippen molar-refractivity contribution in [3.8, 4) is 11.5 Å². The van der Waals surface area contributed by atoms with Crippen molar-refractivity contribution >= 4 is 11.8 Å². The third-order valence-electron chi connectivity index (χ3n) is 2.68. The monoisotopic (exact) mass is 253 g/mol. The first-order valence-corrected chi connectivity index (χ1v) is 7.38. The third kappa shape index (κ3) is 3.82. The minimum absolute atomic E-state index is 0.655. The van der Waals surface area contributed by atoms with E-state index < -0.39 is 0 Å². The van der Waals surface area contributed by atoms with Crippen LogP contribution in [0, 0.1) is 0 Å². The number of nitrogens with one attached hydrogen (secondary N) is 1. The molecule has 1 aliphatic heterocycles.